The number of methoxy groups -OCH3 is 1. The van der Waals surface area contributed by atoms with E-state index in [0.29, 0.717) is 13.2 Å². The second-order valence-electron chi connectivity index (χ2n) is 7.18. The molecule has 26 heavy (non-hydrogen) atoms. The second kappa shape index (κ2) is 9.43. The Labute approximate surface area is 155 Å². The molecule has 8 heteroatoms. The largest absolute Gasteiger partial charge is 0.385 e. The summed E-state index contributed by atoms with van der Waals surface area (Å²) in [5.41, 5.74) is 0. The molecule has 2 aliphatic heterocycles. The van der Waals surface area contributed by atoms with Crippen molar-refractivity contribution >= 4 is 5.91 Å². The molecule has 2 aliphatic rings. The summed E-state index contributed by atoms with van der Waals surface area (Å²) in [4.78, 5) is 21.9. The first-order chi connectivity index (χ1) is 12.7. The Balaban J connectivity index is 1.67. The maximum atomic E-state index is 12.9. The van der Waals surface area contributed by atoms with Crippen LogP contribution in [0.3, 0.4) is 0 Å². The SMILES string of the molecule is COCCCN1CCN(C(=O)C2CCOCC2)CCC1c1n[nH]c(C)n1. The van der Waals surface area contributed by atoms with Crippen LogP contribution in [0, 0.1) is 12.8 Å². The molecular weight excluding hydrogens is 334 g/mol. The number of hydrogen-bond acceptors (Lipinski definition) is 6. The molecule has 0 radical (unpaired) electrons. The van der Waals surface area contributed by atoms with Gasteiger partial charge in [0.2, 0.25) is 5.91 Å². The number of H-pyrrole nitrogens is 1. The van der Waals surface area contributed by atoms with Crippen molar-refractivity contribution in [1.29, 1.82) is 0 Å². The lowest BCUT2D eigenvalue weighted by Gasteiger charge is -2.28. The van der Waals surface area contributed by atoms with E-state index in [4.69, 9.17) is 9.47 Å². The molecule has 0 spiro atoms. The van der Waals surface area contributed by atoms with Crippen molar-refractivity contribution in [2.45, 2.75) is 38.6 Å². The highest BCUT2D eigenvalue weighted by Crippen LogP contribution is 2.26. The quantitative estimate of drug-likeness (QED) is 0.762. The Morgan fingerprint density at radius 1 is 1.27 bits per heavy atom. The number of carbonyl (C=O) groups is 1. The number of rotatable bonds is 6. The van der Waals surface area contributed by atoms with Gasteiger partial charge in [-0.3, -0.25) is 14.8 Å². The van der Waals surface area contributed by atoms with E-state index in [-0.39, 0.29) is 17.9 Å². The Hall–Kier alpha value is -1.51. The highest BCUT2D eigenvalue weighted by atomic mass is 16.5. The van der Waals surface area contributed by atoms with Crippen molar-refractivity contribution < 1.29 is 14.3 Å². The first kappa shape index (κ1) is 19.3. The monoisotopic (exact) mass is 365 g/mol. The van der Waals surface area contributed by atoms with E-state index >= 15 is 0 Å². The van der Waals surface area contributed by atoms with E-state index in [2.05, 4.69) is 20.1 Å². The van der Waals surface area contributed by atoms with Crippen molar-refractivity contribution in [2.75, 3.05) is 53.1 Å². The van der Waals surface area contributed by atoms with Gasteiger partial charge in [-0.25, -0.2) is 4.98 Å². The van der Waals surface area contributed by atoms with Crippen LogP contribution in [0.2, 0.25) is 0 Å². The number of nitrogens with zero attached hydrogens (tertiary/aromatic N) is 4. The van der Waals surface area contributed by atoms with Crippen LogP contribution in [-0.2, 0) is 14.3 Å². The average molecular weight is 365 g/mol. The summed E-state index contributed by atoms with van der Waals surface area (Å²) in [5.74, 6) is 2.07. The summed E-state index contributed by atoms with van der Waals surface area (Å²) < 4.78 is 10.6. The van der Waals surface area contributed by atoms with Gasteiger partial charge in [0.15, 0.2) is 5.82 Å². The fraction of sp³-hybridized carbons (Fsp3) is 0.833. The van der Waals surface area contributed by atoms with Gasteiger partial charge in [0.05, 0.1) is 6.04 Å². The number of hydrogen-bond donors (Lipinski definition) is 1. The molecule has 1 unspecified atom stereocenters. The van der Waals surface area contributed by atoms with Gasteiger partial charge < -0.3 is 14.4 Å². The molecule has 146 valence electrons. The molecule has 0 aromatic carbocycles. The molecule has 3 rings (SSSR count). The molecule has 1 N–H and O–H groups in total. The zero-order valence-electron chi connectivity index (χ0n) is 15.9. The van der Waals surface area contributed by atoms with Crippen LogP contribution in [0.25, 0.3) is 0 Å². The number of ether oxygens (including phenoxy) is 2. The van der Waals surface area contributed by atoms with Gasteiger partial charge in [0.1, 0.15) is 5.82 Å². The minimum absolute atomic E-state index is 0.119. The first-order valence-corrected chi connectivity index (χ1v) is 9.67. The third-order valence-corrected chi connectivity index (χ3v) is 5.36. The summed E-state index contributed by atoms with van der Waals surface area (Å²) >= 11 is 0. The molecule has 0 saturated carbocycles. The predicted octanol–water partition coefficient (Wildman–Crippen LogP) is 1.15. The summed E-state index contributed by atoms with van der Waals surface area (Å²) in [6.07, 6.45) is 3.51. The Bertz CT molecular complexity index is 573. The second-order valence-corrected chi connectivity index (χ2v) is 7.18. The highest BCUT2D eigenvalue weighted by Gasteiger charge is 2.32. The summed E-state index contributed by atoms with van der Waals surface area (Å²) in [7, 11) is 1.73. The molecule has 8 nitrogen and oxygen atoms in total. The molecule has 1 aromatic heterocycles. The third-order valence-electron chi connectivity index (χ3n) is 5.36. The predicted molar refractivity (Wildman–Crippen MR) is 96.7 cm³/mol. The normalized spacial score (nSPS) is 23.2. The summed E-state index contributed by atoms with van der Waals surface area (Å²) in [6, 6.07) is 0.143. The Morgan fingerprint density at radius 2 is 2.08 bits per heavy atom. The molecule has 2 fully saturated rings. The number of amides is 1. The number of carbonyl (C=O) groups excluding carboxylic acids is 1. The molecular formula is C18H31N5O3. The van der Waals surface area contributed by atoms with E-state index in [1.54, 1.807) is 7.11 Å². The van der Waals surface area contributed by atoms with Crippen LogP contribution >= 0.6 is 0 Å². The van der Waals surface area contributed by atoms with Gasteiger partial charge in [-0.2, -0.15) is 5.10 Å². The van der Waals surface area contributed by atoms with E-state index < -0.39 is 0 Å². The van der Waals surface area contributed by atoms with E-state index in [1.165, 1.54) is 0 Å². The Kier molecular flexibility index (Phi) is 6.99. The number of aryl methyl sites for hydroxylation is 1. The van der Waals surface area contributed by atoms with Crippen LogP contribution in [-0.4, -0.2) is 84.0 Å². The van der Waals surface area contributed by atoms with Crippen LogP contribution in [0.5, 0.6) is 0 Å². The lowest BCUT2D eigenvalue weighted by atomic mass is 9.98. The van der Waals surface area contributed by atoms with Crippen molar-refractivity contribution in [2.24, 2.45) is 5.92 Å². The number of nitrogens with one attached hydrogen (secondary N) is 1. The van der Waals surface area contributed by atoms with Crippen LogP contribution in [0.15, 0.2) is 0 Å². The zero-order chi connectivity index (χ0) is 18.4. The Morgan fingerprint density at radius 3 is 2.77 bits per heavy atom. The summed E-state index contributed by atoms with van der Waals surface area (Å²) in [5, 5.41) is 7.34. The third kappa shape index (κ3) is 4.81. The molecule has 3 heterocycles. The number of aromatic amines is 1. The lowest BCUT2D eigenvalue weighted by molar-refractivity contribution is -0.138. The smallest absolute Gasteiger partial charge is 0.225 e. The van der Waals surface area contributed by atoms with Gasteiger partial charge in [0, 0.05) is 59.0 Å². The van der Waals surface area contributed by atoms with Gasteiger partial charge in [-0.1, -0.05) is 0 Å². The van der Waals surface area contributed by atoms with Crippen molar-refractivity contribution in [1.82, 2.24) is 25.0 Å². The van der Waals surface area contributed by atoms with Crippen molar-refractivity contribution in [3.8, 4) is 0 Å². The molecule has 2 saturated heterocycles. The minimum atomic E-state index is 0.119. The molecule has 0 aliphatic carbocycles. The number of aromatic nitrogens is 3. The van der Waals surface area contributed by atoms with Crippen LogP contribution in [0.4, 0.5) is 0 Å². The first-order valence-electron chi connectivity index (χ1n) is 9.67. The van der Waals surface area contributed by atoms with Gasteiger partial charge in [-0.15, -0.1) is 0 Å². The lowest BCUT2D eigenvalue weighted by Crippen LogP contribution is -2.40. The minimum Gasteiger partial charge on any atom is -0.385 e. The highest BCUT2D eigenvalue weighted by molar-refractivity contribution is 5.79. The summed E-state index contributed by atoms with van der Waals surface area (Å²) in [6.45, 7) is 7.35. The van der Waals surface area contributed by atoms with Gasteiger partial charge in [-0.05, 0) is 32.6 Å². The van der Waals surface area contributed by atoms with Crippen LogP contribution in [0.1, 0.15) is 43.4 Å². The fourth-order valence-corrected chi connectivity index (χ4v) is 3.88. The van der Waals surface area contributed by atoms with E-state index in [0.717, 1.165) is 70.1 Å². The van der Waals surface area contributed by atoms with E-state index in [1.807, 2.05) is 11.8 Å². The standard InChI is InChI=1S/C18H31N5O3/c1-14-19-17(21-20-14)16-4-8-23(10-9-22(16)7-3-11-25-2)18(24)15-5-12-26-13-6-15/h15-16H,3-13H2,1-2H3,(H,19,20,21). The van der Waals surface area contributed by atoms with Crippen LogP contribution < -0.4 is 0 Å². The fourth-order valence-electron chi connectivity index (χ4n) is 3.88. The van der Waals surface area contributed by atoms with Gasteiger partial charge in [0.25, 0.3) is 0 Å². The van der Waals surface area contributed by atoms with E-state index in [9.17, 15) is 4.79 Å². The molecule has 1 atom stereocenters. The molecule has 1 amide bonds. The average Bonchev–Trinajstić information content (AvgIpc) is 2.98. The maximum Gasteiger partial charge on any atom is 0.225 e. The maximum absolute atomic E-state index is 12.9. The topological polar surface area (TPSA) is 83.6 Å². The molecule has 1 aromatic rings. The van der Waals surface area contributed by atoms with Crippen molar-refractivity contribution in [3.63, 3.8) is 0 Å². The molecule has 0 bridgehead atoms. The van der Waals surface area contributed by atoms with Crippen molar-refractivity contribution in [3.05, 3.63) is 11.6 Å². The van der Waals surface area contributed by atoms with Gasteiger partial charge >= 0.3 is 0 Å². The zero-order valence-corrected chi connectivity index (χ0v) is 15.9.